The molecule has 0 spiro atoms. The van der Waals surface area contributed by atoms with Gasteiger partial charge in [-0.05, 0) is 32.0 Å². The normalized spacial score (nSPS) is 11.3. The first-order valence-corrected chi connectivity index (χ1v) is 6.11. The van der Waals surface area contributed by atoms with Crippen LogP contribution in [0.5, 0.6) is 0 Å². The molecule has 0 atom stereocenters. The maximum absolute atomic E-state index is 11.8. The Labute approximate surface area is 121 Å². The second kappa shape index (κ2) is 6.76. The molecule has 0 amide bonds. The third kappa shape index (κ3) is 4.77. The van der Waals surface area contributed by atoms with Crippen molar-refractivity contribution in [2.75, 3.05) is 0 Å². The molecule has 1 aromatic rings. The Kier molecular flexibility index (Phi) is 5.33. The zero-order chi connectivity index (χ0) is 15.3. The highest BCUT2D eigenvalue weighted by Gasteiger charge is 2.14. The Balaban J connectivity index is 3.09. The Morgan fingerprint density at radius 3 is 2.50 bits per heavy atom. The molecule has 20 heavy (non-hydrogen) atoms. The van der Waals surface area contributed by atoms with Crippen LogP contribution in [0.1, 0.15) is 24.2 Å². The third-order valence-corrected chi connectivity index (χ3v) is 2.33. The minimum atomic E-state index is -0.539. The van der Waals surface area contributed by atoms with Gasteiger partial charge in [0.15, 0.2) is 5.96 Å². The second-order valence-electron chi connectivity index (χ2n) is 4.12. The van der Waals surface area contributed by atoms with Gasteiger partial charge in [-0.1, -0.05) is 11.6 Å². The van der Waals surface area contributed by atoms with Crippen molar-refractivity contribution in [3.05, 3.63) is 28.8 Å². The van der Waals surface area contributed by atoms with E-state index in [1.807, 2.05) is 0 Å². The van der Waals surface area contributed by atoms with Crippen LogP contribution in [0.15, 0.2) is 28.2 Å². The summed E-state index contributed by atoms with van der Waals surface area (Å²) in [4.78, 5) is 19.3. The van der Waals surface area contributed by atoms with E-state index in [1.165, 1.54) is 12.1 Å². The molecule has 0 heterocycles. The number of carbonyl (C=O) groups is 1. The fourth-order valence-corrected chi connectivity index (χ4v) is 1.50. The van der Waals surface area contributed by atoms with Crippen LogP contribution >= 0.6 is 11.6 Å². The zero-order valence-corrected chi connectivity index (χ0v) is 11.9. The van der Waals surface area contributed by atoms with Crippen molar-refractivity contribution >= 4 is 35.2 Å². The van der Waals surface area contributed by atoms with Gasteiger partial charge in [0.2, 0.25) is 5.96 Å². The number of hydrogen-bond acceptors (Lipinski definition) is 3. The molecular formula is C12H16ClN5O2. The first kappa shape index (κ1) is 15.8. The van der Waals surface area contributed by atoms with Crippen molar-refractivity contribution in [2.24, 2.45) is 27.2 Å². The van der Waals surface area contributed by atoms with E-state index in [1.54, 1.807) is 19.9 Å². The van der Waals surface area contributed by atoms with Gasteiger partial charge in [-0.3, -0.25) is 0 Å². The third-order valence-electron chi connectivity index (χ3n) is 2.00. The van der Waals surface area contributed by atoms with Gasteiger partial charge in [0, 0.05) is 0 Å². The Bertz CT molecular complexity index is 565. The summed E-state index contributed by atoms with van der Waals surface area (Å²) in [5.41, 5.74) is 16.4. The molecule has 0 radical (unpaired) electrons. The lowest BCUT2D eigenvalue weighted by atomic mass is 10.2. The highest BCUT2D eigenvalue weighted by Crippen LogP contribution is 2.23. The highest BCUT2D eigenvalue weighted by atomic mass is 35.5. The summed E-state index contributed by atoms with van der Waals surface area (Å²) in [6.45, 7) is 3.48. The second-order valence-corrected chi connectivity index (χ2v) is 4.53. The van der Waals surface area contributed by atoms with Gasteiger partial charge in [-0.2, -0.15) is 4.99 Å². The largest absolute Gasteiger partial charge is 0.459 e. The average molecular weight is 298 g/mol. The first-order chi connectivity index (χ1) is 9.29. The van der Waals surface area contributed by atoms with Crippen LogP contribution in [0.4, 0.5) is 5.69 Å². The number of aliphatic imine (C=N–C) groups is 2. The predicted octanol–water partition coefficient (Wildman–Crippen LogP) is 1.12. The smallest absolute Gasteiger partial charge is 0.339 e. The van der Waals surface area contributed by atoms with Crippen LogP contribution in [0.3, 0.4) is 0 Å². The fraction of sp³-hybridized carbons (Fsp3) is 0.250. The molecule has 0 saturated heterocycles. The molecule has 7 nitrogen and oxygen atoms in total. The van der Waals surface area contributed by atoms with Crippen LogP contribution in [0.2, 0.25) is 5.02 Å². The Hall–Kier alpha value is -2.28. The van der Waals surface area contributed by atoms with E-state index in [2.05, 4.69) is 9.98 Å². The molecule has 0 fully saturated rings. The summed E-state index contributed by atoms with van der Waals surface area (Å²) >= 11 is 5.95. The number of guanidine groups is 2. The van der Waals surface area contributed by atoms with Crippen molar-refractivity contribution < 1.29 is 9.53 Å². The van der Waals surface area contributed by atoms with Crippen LogP contribution < -0.4 is 17.2 Å². The standard InChI is InChI=1S/C12H16ClN5O2/c1-6(2)20-10(19)8-5-7(3-4-9(8)13)17-12(16)18-11(14)15/h3-6H,1-2H3,(H6,14,15,16,17,18). The average Bonchev–Trinajstić information content (AvgIpc) is 2.29. The summed E-state index contributed by atoms with van der Waals surface area (Å²) < 4.78 is 5.07. The van der Waals surface area contributed by atoms with Crippen molar-refractivity contribution in [1.29, 1.82) is 0 Å². The van der Waals surface area contributed by atoms with Gasteiger partial charge in [-0.15, -0.1) is 0 Å². The summed E-state index contributed by atoms with van der Waals surface area (Å²) in [6.07, 6.45) is -0.252. The lowest BCUT2D eigenvalue weighted by Gasteiger charge is -2.09. The molecule has 108 valence electrons. The van der Waals surface area contributed by atoms with Crippen molar-refractivity contribution in [2.45, 2.75) is 20.0 Å². The van der Waals surface area contributed by atoms with Gasteiger partial charge < -0.3 is 21.9 Å². The number of ether oxygens (including phenoxy) is 1. The van der Waals surface area contributed by atoms with Crippen LogP contribution in [0.25, 0.3) is 0 Å². The number of esters is 1. The maximum Gasteiger partial charge on any atom is 0.339 e. The molecule has 8 heteroatoms. The number of halogens is 1. The Morgan fingerprint density at radius 2 is 1.95 bits per heavy atom. The van der Waals surface area contributed by atoms with E-state index in [0.29, 0.717) is 5.69 Å². The molecule has 6 N–H and O–H groups in total. The summed E-state index contributed by atoms with van der Waals surface area (Å²) in [6, 6.07) is 4.53. The van der Waals surface area contributed by atoms with Gasteiger partial charge in [0.05, 0.1) is 22.4 Å². The summed E-state index contributed by atoms with van der Waals surface area (Å²) in [7, 11) is 0. The maximum atomic E-state index is 11.8. The molecule has 0 saturated carbocycles. The number of nitrogens with two attached hydrogens (primary N) is 3. The molecule has 0 aliphatic heterocycles. The number of nitrogens with zero attached hydrogens (tertiary/aromatic N) is 2. The SMILES string of the molecule is CC(C)OC(=O)c1cc(N=C(N)N=C(N)N)ccc1Cl. The van der Waals surface area contributed by atoms with E-state index >= 15 is 0 Å². The number of hydrogen-bond donors (Lipinski definition) is 3. The molecule has 0 aromatic heterocycles. The van der Waals surface area contributed by atoms with E-state index in [-0.39, 0.29) is 28.6 Å². The quantitative estimate of drug-likeness (QED) is 0.437. The molecule has 1 rings (SSSR count). The fourth-order valence-electron chi connectivity index (χ4n) is 1.31. The van der Waals surface area contributed by atoms with Crippen LogP contribution in [-0.4, -0.2) is 24.0 Å². The highest BCUT2D eigenvalue weighted by molar-refractivity contribution is 6.33. The monoisotopic (exact) mass is 297 g/mol. The minimum Gasteiger partial charge on any atom is -0.459 e. The van der Waals surface area contributed by atoms with E-state index < -0.39 is 5.97 Å². The van der Waals surface area contributed by atoms with E-state index in [0.717, 1.165) is 0 Å². The van der Waals surface area contributed by atoms with Gasteiger partial charge in [0.1, 0.15) is 0 Å². The molecule has 1 aromatic carbocycles. The van der Waals surface area contributed by atoms with Crippen molar-refractivity contribution in [3.8, 4) is 0 Å². The predicted molar refractivity (Wildman–Crippen MR) is 79.1 cm³/mol. The van der Waals surface area contributed by atoms with Crippen LogP contribution in [0, 0.1) is 0 Å². The number of carbonyl (C=O) groups excluding carboxylic acids is 1. The topological polar surface area (TPSA) is 129 Å². The summed E-state index contributed by atoms with van der Waals surface area (Å²) in [5.74, 6) is -0.877. The molecule has 0 bridgehead atoms. The van der Waals surface area contributed by atoms with Gasteiger partial charge in [-0.25, -0.2) is 9.79 Å². The van der Waals surface area contributed by atoms with E-state index in [9.17, 15) is 4.79 Å². The number of rotatable bonds is 3. The van der Waals surface area contributed by atoms with Crippen LogP contribution in [-0.2, 0) is 4.74 Å². The summed E-state index contributed by atoms with van der Waals surface area (Å²) in [5, 5.41) is 0.259. The molecular weight excluding hydrogens is 282 g/mol. The minimum absolute atomic E-state index is 0.129. The van der Waals surface area contributed by atoms with Gasteiger partial charge in [0.25, 0.3) is 0 Å². The zero-order valence-electron chi connectivity index (χ0n) is 11.1. The molecule has 0 aliphatic rings. The van der Waals surface area contributed by atoms with Crippen molar-refractivity contribution in [3.63, 3.8) is 0 Å². The van der Waals surface area contributed by atoms with E-state index in [4.69, 9.17) is 33.5 Å². The lowest BCUT2D eigenvalue weighted by Crippen LogP contribution is -2.26. The first-order valence-electron chi connectivity index (χ1n) is 5.74. The van der Waals surface area contributed by atoms with Crippen molar-refractivity contribution in [1.82, 2.24) is 0 Å². The Morgan fingerprint density at radius 1 is 1.30 bits per heavy atom. The molecule has 0 aliphatic carbocycles. The van der Waals surface area contributed by atoms with Gasteiger partial charge >= 0.3 is 5.97 Å². The lowest BCUT2D eigenvalue weighted by molar-refractivity contribution is 0.0378. The molecule has 0 unspecified atom stereocenters. The number of benzene rings is 1.